The first-order valence-electron chi connectivity index (χ1n) is 10.8. The average Bonchev–Trinajstić information content (AvgIpc) is 3.27. The van der Waals surface area contributed by atoms with Crippen molar-refractivity contribution >= 4 is 40.7 Å². The highest BCUT2D eigenvalue weighted by Gasteiger charge is 2.17. The number of ether oxygens (including phenoxy) is 1. The molecule has 0 atom stereocenters. The summed E-state index contributed by atoms with van der Waals surface area (Å²) in [5.41, 5.74) is 2.89. The van der Waals surface area contributed by atoms with E-state index in [0.717, 1.165) is 11.3 Å². The number of nitrogens with zero attached hydrogens (tertiary/aromatic N) is 3. The molecule has 0 saturated heterocycles. The van der Waals surface area contributed by atoms with E-state index in [-0.39, 0.29) is 24.1 Å². The Hall–Kier alpha value is -3.62. The van der Waals surface area contributed by atoms with Gasteiger partial charge in [-0.1, -0.05) is 53.7 Å². The molecule has 4 rings (SSSR count). The van der Waals surface area contributed by atoms with Crippen LogP contribution in [0.3, 0.4) is 0 Å². The van der Waals surface area contributed by atoms with Gasteiger partial charge in [0.1, 0.15) is 12.4 Å². The lowest BCUT2D eigenvalue weighted by Gasteiger charge is -2.12. The normalized spacial score (nSPS) is 10.7. The molecule has 1 aromatic heterocycles. The third-order valence-electron chi connectivity index (χ3n) is 5.10. The van der Waals surface area contributed by atoms with Crippen LogP contribution in [0, 0.1) is 6.92 Å². The maximum Gasteiger partial charge on any atom is 0.234 e. The zero-order chi connectivity index (χ0) is 24.8. The quantitative estimate of drug-likeness (QED) is 0.230. The van der Waals surface area contributed by atoms with Crippen LogP contribution < -0.4 is 10.1 Å². The number of amides is 1. The fourth-order valence-corrected chi connectivity index (χ4v) is 4.21. The summed E-state index contributed by atoms with van der Waals surface area (Å²) in [6, 6.07) is 22.0. The minimum absolute atomic E-state index is 0.0602. The van der Waals surface area contributed by atoms with E-state index in [9.17, 15) is 9.59 Å². The molecule has 0 unspecified atom stereocenters. The number of nitrogens with one attached hydrogen (secondary N) is 1. The molecule has 7 nitrogen and oxygen atoms in total. The summed E-state index contributed by atoms with van der Waals surface area (Å²) in [6.07, 6.45) is 0. The second kappa shape index (κ2) is 11.2. The van der Waals surface area contributed by atoms with Gasteiger partial charge < -0.3 is 10.1 Å². The Balaban J connectivity index is 1.48. The van der Waals surface area contributed by atoms with Gasteiger partial charge in [0.05, 0.1) is 5.75 Å². The van der Waals surface area contributed by atoms with Crippen molar-refractivity contribution in [1.29, 1.82) is 0 Å². The van der Waals surface area contributed by atoms with Gasteiger partial charge >= 0.3 is 0 Å². The Labute approximate surface area is 212 Å². The number of halogens is 1. The maximum absolute atomic E-state index is 12.6. The third-order valence-corrected chi connectivity index (χ3v) is 6.45. The van der Waals surface area contributed by atoms with Crippen LogP contribution in [0.15, 0.2) is 78.0 Å². The highest BCUT2D eigenvalue weighted by molar-refractivity contribution is 7.99. The van der Waals surface area contributed by atoms with E-state index in [0.29, 0.717) is 33.0 Å². The number of aryl methyl sites for hydroxylation is 1. The van der Waals surface area contributed by atoms with E-state index >= 15 is 0 Å². The number of Topliss-reactive ketones (excluding diaryl/α,β-unsaturated/α-hetero) is 1. The fourth-order valence-electron chi connectivity index (χ4n) is 3.32. The van der Waals surface area contributed by atoms with Crippen LogP contribution in [-0.2, 0) is 11.4 Å². The zero-order valence-electron chi connectivity index (χ0n) is 19.2. The Bertz CT molecular complexity index is 1360. The van der Waals surface area contributed by atoms with E-state index in [1.54, 1.807) is 36.4 Å². The van der Waals surface area contributed by atoms with Gasteiger partial charge in [0.25, 0.3) is 0 Å². The van der Waals surface area contributed by atoms with Crippen molar-refractivity contribution in [3.63, 3.8) is 0 Å². The number of aromatic nitrogens is 3. The number of ketones is 1. The summed E-state index contributed by atoms with van der Waals surface area (Å²) in [5, 5.41) is 12.7. The molecule has 0 aliphatic carbocycles. The molecule has 4 aromatic rings. The molecule has 3 aromatic carbocycles. The first-order valence-corrected chi connectivity index (χ1v) is 12.2. The van der Waals surface area contributed by atoms with Crippen molar-refractivity contribution in [3.8, 4) is 11.4 Å². The van der Waals surface area contributed by atoms with E-state index in [1.807, 2.05) is 47.9 Å². The molecule has 178 valence electrons. The first kappa shape index (κ1) is 24.5. The Kier molecular flexibility index (Phi) is 7.84. The minimum Gasteiger partial charge on any atom is -0.486 e. The molecule has 0 aliphatic heterocycles. The van der Waals surface area contributed by atoms with Gasteiger partial charge in [0.2, 0.25) is 5.91 Å². The van der Waals surface area contributed by atoms with Gasteiger partial charge in [-0.25, -0.2) is 0 Å². The lowest BCUT2D eigenvalue weighted by atomic mass is 10.1. The standard InChI is InChI=1S/C26H23ClN4O3S/c1-17-13-22(11-12-23(17)27)34-15-24-29-30-26(31(24)21-9-4-3-5-10-21)35-16-25(33)28-20-8-6-7-19(14-20)18(2)32/h3-14H,15-16H2,1-2H3,(H,28,33). The second-order valence-electron chi connectivity index (χ2n) is 7.74. The summed E-state index contributed by atoms with van der Waals surface area (Å²) < 4.78 is 7.81. The van der Waals surface area contributed by atoms with Crippen molar-refractivity contribution in [2.24, 2.45) is 0 Å². The highest BCUT2D eigenvalue weighted by Crippen LogP contribution is 2.25. The number of para-hydroxylation sites is 1. The molecular formula is C26H23ClN4O3S. The van der Waals surface area contributed by atoms with Crippen LogP contribution >= 0.6 is 23.4 Å². The number of hydrogen-bond donors (Lipinski definition) is 1. The molecule has 1 amide bonds. The van der Waals surface area contributed by atoms with Crippen LogP contribution in [0.5, 0.6) is 5.75 Å². The van der Waals surface area contributed by atoms with Crippen molar-refractivity contribution in [2.45, 2.75) is 25.6 Å². The van der Waals surface area contributed by atoms with Crippen molar-refractivity contribution in [2.75, 3.05) is 11.1 Å². The number of carbonyl (C=O) groups is 2. The number of thioether (sulfide) groups is 1. The molecule has 0 fully saturated rings. The molecule has 0 saturated carbocycles. The van der Waals surface area contributed by atoms with Crippen LogP contribution in [0.25, 0.3) is 5.69 Å². The van der Waals surface area contributed by atoms with Crippen molar-refractivity contribution < 1.29 is 14.3 Å². The van der Waals surface area contributed by atoms with E-state index < -0.39 is 0 Å². The van der Waals surface area contributed by atoms with Crippen LogP contribution in [-0.4, -0.2) is 32.2 Å². The molecule has 1 N–H and O–H groups in total. The molecule has 0 spiro atoms. The molecule has 1 heterocycles. The Morgan fingerprint density at radius 1 is 1.03 bits per heavy atom. The van der Waals surface area contributed by atoms with Gasteiger partial charge in [-0.3, -0.25) is 14.2 Å². The topological polar surface area (TPSA) is 86.1 Å². The summed E-state index contributed by atoms with van der Waals surface area (Å²) in [4.78, 5) is 24.2. The van der Waals surface area contributed by atoms with Gasteiger partial charge in [0.15, 0.2) is 16.8 Å². The smallest absolute Gasteiger partial charge is 0.234 e. The number of anilines is 1. The molecule has 35 heavy (non-hydrogen) atoms. The maximum atomic E-state index is 12.6. The second-order valence-corrected chi connectivity index (χ2v) is 9.09. The lowest BCUT2D eigenvalue weighted by Crippen LogP contribution is -2.15. The lowest BCUT2D eigenvalue weighted by molar-refractivity contribution is -0.113. The predicted molar refractivity (Wildman–Crippen MR) is 138 cm³/mol. The van der Waals surface area contributed by atoms with Crippen LogP contribution in [0.4, 0.5) is 5.69 Å². The largest absolute Gasteiger partial charge is 0.486 e. The van der Waals surface area contributed by atoms with E-state index in [4.69, 9.17) is 16.3 Å². The average molecular weight is 507 g/mol. The van der Waals surface area contributed by atoms with Gasteiger partial charge in [0, 0.05) is 22.0 Å². The van der Waals surface area contributed by atoms with Gasteiger partial charge in [-0.15, -0.1) is 10.2 Å². The monoisotopic (exact) mass is 506 g/mol. The van der Waals surface area contributed by atoms with Crippen LogP contribution in [0.2, 0.25) is 5.02 Å². The number of hydrogen-bond acceptors (Lipinski definition) is 6. The molecule has 0 aliphatic rings. The summed E-state index contributed by atoms with van der Waals surface area (Å²) in [7, 11) is 0. The summed E-state index contributed by atoms with van der Waals surface area (Å²) in [5.74, 6) is 1.12. The molecule has 0 bridgehead atoms. The first-order chi connectivity index (χ1) is 16.9. The number of carbonyl (C=O) groups excluding carboxylic acids is 2. The predicted octanol–water partition coefficient (Wildman–Crippen LogP) is 5.74. The van der Waals surface area contributed by atoms with Crippen LogP contribution in [0.1, 0.15) is 28.7 Å². The SMILES string of the molecule is CC(=O)c1cccc(NC(=O)CSc2nnc(COc3ccc(Cl)c(C)c3)n2-c2ccccc2)c1. The Morgan fingerprint density at radius 2 is 1.83 bits per heavy atom. The fraction of sp³-hybridized carbons (Fsp3) is 0.154. The van der Waals surface area contributed by atoms with E-state index in [2.05, 4.69) is 15.5 Å². The minimum atomic E-state index is -0.215. The molecule has 9 heteroatoms. The number of benzene rings is 3. The Morgan fingerprint density at radius 3 is 2.57 bits per heavy atom. The summed E-state index contributed by atoms with van der Waals surface area (Å²) >= 11 is 7.37. The summed E-state index contributed by atoms with van der Waals surface area (Å²) in [6.45, 7) is 3.59. The molecule has 0 radical (unpaired) electrons. The van der Waals surface area contributed by atoms with E-state index in [1.165, 1.54) is 18.7 Å². The number of rotatable bonds is 9. The van der Waals surface area contributed by atoms with Crippen molar-refractivity contribution in [1.82, 2.24) is 14.8 Å². The third kappa shape index (κ3) is 6.29. The highest BCUT2D eigenvalue weighted by atomic mass is 35.5. The van der Waals surface area contributed by atoms with Gasteiger partial charge in [-0.2, -0.15) is 0 Å². The van der Waals surface area contributed by atoms with Crippen molar-refractivity contribution in [3.05, 3.63) is 94.8 Å². The zero-order valence-corrected chi connectivity index (χ0v) is 20.8. The molecular weight excluding hydrogens is 484 g/mol. The van der Waals surface area contributed by atoms with Gasteiger partial charge in [-0.05, 0) is 61.9 Å².